The molecule has 0 radical (unpaired) electrons. The first-order valence-corrected chi connectivity index (χ1v) is 5.30. The van der Waals surface area contributed by atoms with E-state index in [1.165, 1.54) is 6.26 Å². The molecule has 0 unspecified atom stereocenters. The molecule has 0 atom stereocenters. The predicted octanol–water partition coefficient (Wildman–Crippen LogP) is 3.91. The van der Waals surface area contributed by atoms with Crippen LogP contribution >= 0.6 is 0 Å². The molecule has 2 nitrogen and oxygen atoms in total. The summed E-state index contributed by atoms with van der Waals surface area (Å²) in [5.74, 6) is 0.503. The SMILES string of the molecule is Cc1nc(-c2cccc(C(C)C)c2F)co1. The zero-order chi connectivity index (χ0) is 11.7. The van der Waals surface area contributed by atoms with Crippen molar-refractivity contribution in [2.45, 2.75) is 26.7 Å². The summed E-state index contributed by atoms with van der Waals surface area (Å²) in [6.07, 6.45) is 1.48. The molecule has 0 aliphatic rings. The van der Waals surface area contributed by atoms with Crippen molar-refractivity contribution in [3.05, 3.63) is 41.7 Å². The van der Waals surface area contributed by atoms with Gasteiger partial charge in [-0.15, -0.1) is 0 Å². The van der Waals surface area contributed by atoms with Crippen molar-refractivity contribution in [3.63, 3.8) is 0 Å². The number of hydrogen-bond acceptors (Lipinski definition) is 2. The van der Waals surface area contributed by atoms with E-state index in [-0.39, 0.29) is 11.7 Å². The summed E-state index contributed by atoms with van der Waals surface area (Å²) in [5, 5.41) is 0. The quantitative estimate of drug-likeness (QED) is 0.765. The molecule has 1 heterocycles. The van der Waals surface area contributed by atoms with Gasteiger partial charge in [0, 0.05) is 12.5 Å². The van der Waals surface area contributed by atoms with Crippen LogP contribution in [0, 0.1) is 12.7 Å². The Morgan fingerprint density at radius 3 is 2.62 bits per heavy atom. The van der Waals surface area contributed by atoms with Crippen molar-refractivity contribution in [2.24, 2.45) is 0 Å². The van der Waals surface area contributed by atoms with Crippen LogP contribution in [0.25, 0.3) is 11.3 Å². The number of rotatable bonds is 2. The van der Waals surface area contributed by atoms with Crippen LogP contribution in [0.15, 0.2) is 28.9 Å². The molecule has 0 bridgehead atoms. The molecule has 0 fully saturated rings. The molecule has 1 aromatic heterocycles. The second-order valence-corrected chi connectivity index (χ2v) is 4.12. The van der Waals surface area contributed by atoms with Crippen molar-refractivity contribution in [1.29, 1.82) is 0 Å². The fraction of sp³-hybridized carbons (Fsp3) is 0.308. The van der Waals surface area contributed by atoms with E-state index in [4.69, 9.17) is 4.42 Å². The van der Waals surface area contributed by atoms with Gasteiger partial charge >= 0.3 is 0 Å². The molecule has 0 aliphatic heterocycles. The number of halogens is 1. The molecule has 0 N–H and O–H groups in total. The first-order chi connectivity index (χ1) is 7.59. The standard InChI is InChI=1S/C13H14FNO/c1-8(2)10-5-4-6-11(13(10)14)12-7-16-9(3)15-12/h4-8H,1-3H3. The minimum absolute atomic E-state index is 0.160. The maximum Gasteiger partial charge on any atom is 0.191 e. The first-order valence-electron chi connectivity index (χ1n) is 5.30. The third-order valence-electron chi connectivity index (χ3n) is 2.55. The van der Waals surface area contributed by atoms with Crippen molar-refractivity contribution in [3.8, 4) is 11.3 Å². The van der Waals surface area contributed by atoms with Crippen LogP contribution in [-0.2, 0) is 0 Å². The first kappa shape index (κ1) is 10.9. The van der Waals surface area contributed by atoms with Gasteiger partial charge in [0.15, 0.2) is 5.89 Å². The second kappa shape index (κ2) is 4.08. The Labute approximate surface area is 94.1 Å². The molecule has 84 valence electrons. The minimum Gasteiger partial charge on any atom is -0.449 e. The Kier molecular flexibility index (Phi) is 2.77. The van der Waals surface area contributed by atoms with Gasteiger partial charge in [-0.05, 0) is 17.5 Å². The van der Waals surface area contributed by atoms with Gasteiger partial charge in [-0.2, -0.15) is 0 Å². The molecule has 0 aliphatic carbocycles. The third kappa shape index (κ3) is 1.85. The maximum absolute atomic E-state index is 14.1. The molecule has 2 rings (SSSR count). The molecule has 2 aromatic rings. The Morgan fingerprint density at radius 2 is 2.06 bits per heavy atom. The maximum atomic E-state index is 14.1. The van der Waals surface area contributed by atoms with Crippen LogP contribution in [0.5, 0.6) is 0 Å². The Balaban J connectivity index is 2.54. The number of aryl methyl sites for hydroxylation is 1. The van der Waals surface area contributed by atoms with Gasteiger partial charge in [0.1, 0.15) is 17.8 Å². The Bertz CT molecular complexity index is 502. The van der Waals surface area contributed by atoms with E-state index in [2.05, 4.69) is 4.98 Å². The molecule has 1 aromatic carbocycles. The van der Waals surface area contributed by atoms with E-state index in [0.717, 1.165) is 0 Å². The van der Waals surface area contributed by atoms with Crippen LogP contribution in [0.4, 0.5) is 4.39 Å². The van der Waals surface area contributed by atoms with Crippen LogP contribution in [-0.4, -0.2) is 4.98 Å². The van der Waals surface area contributed by atoms with Crippen molar-refractivity contribution in [2.75, 3.05) is 0 Å². The molecule has 0 amide bonds. The van der Waals surface area contributed by atoms with Gasteiger partial charge in [0.05, 0.1) is 0 Å². The highest BCUT2D eigenvalue weighted by atomic mass is 19.1. The van der Waals surface area contributed by atoms with E-state index in [0.29, 0.717) is 22.7 Å². The molecular formula is C13H14FNO. The van der Waals surface area contributed by atoms with Gasteiger partial charge in [0.25, 0.3) is 0 Å². The number of oxazole rings is 1. The van der Waals surface area contributed by atoms with Crippen LogP contribution in [0.3, 0.4) is 0 Å². The fourth-order valence-electron chi connectivity index (χ4n) is 1.68. The summed E-state index contributed by atoms with van der Waals surface area (Å²) < 4.78 is 19.2. The van der Waals surface area contributed by atoms with E-state index >= 15 is 0 Å². The number of aromatic nitrogens is 1. The van der Waals surface area contributed by atoms with Gasteiger partial charge in [-0.1, -0.05) is 26.0 Å². The normalized spacial score (nSPS) is 11.1. The highest BCUT2D eigenvalue weighted by Gasteiger charge is 2.14. The average molecular weight is 219 g/mol. The Hall–Kier alpha value is -1.64. The highest BCUT2D eigenvalue weighted by Crippen LogP contribution is 2.27. The molecular weight excluding hydrogens is 205 g/mol. The van der Waals surface area contributed by atoms with E-state index in [9.17, 15) is 4.39 Å². The van der Waals surface area contributed by atoms with Crippen molar-refractivity contribution in [1.82, 2.24) is 4.98 Å². The summed E-state index contributed by atoms with van der Waals surface area (Å²) in [4.78, 5) is 4.14. The smallest absolute Gasteiger partial charge is 0.191 e. The summed E-state index contributed by atoms with van der Waals surface area (Å²) >= 11 is 0. The molecule has 0 spiro atoms. The average Bonchev–Trinajstić information content (AvgIpc) is 2.64. The Morgan fingerprint density at radius 1 is 1.31 bits per heavy atom. The van der Waals surface area contributed by atoms with Crippen molar-refractivity contribution >= 4 is 0 Å². The van der Waals surface area contributed by atoms with E-state index < -0.39 is 0 Å². The summed E-state index contributed by atoms with van der Waals surface area (Å²) in [6.45, 7) is 5.68. The van der Waals surface area contributed by atoms with Crippen LogP contribution in [0.1, 0.15) is 31.2 Å². The fourth-order valence-corrected chi connectivity index (χ4v) is 1.68. The highest BCUT2D eigenvalue weighted by molar-refractivity contribution is 5.60. The van der Waals surface area contributed by atoms with Gasteiger partial charge in [-0.25, -0.2) is 9.37 Å². The predicted molar refractivity (Wildman–Crippen MR) is 60.7 cm³/mol. The lowest BCUT2D eigenvalue weighted by Gasteiger charge is -2.09. The third-order valence-corrected chi connectivity index (χ3v) is 2.55. The minimum atomic E-state index is -0.203. The zero-order valence-corrected chi connectivity index (χ0v) is 9.62. The van der Waals surface area contributed by atoms with Gasteiger partial charge in [-0.3, -0.25) is 0 Å². The lowest BCUT2D eigenvalue weighted by molar-refractivity contribution is 0.521. The molecule has 3 heteroatoms. The van der Waals surface area contributed by atoms with E-state index in [1.807, 2.05) is 19.9 Å². The summed E-state index contributed by atoms with van der Waals surface area (Å²) in [5.41, 5.74) is 1.76. The van der Waals surface area contributed by atoms with Crippen LogP contribution in [0.2, 0.25) is 0 Å². The summed E-state index contributed by atoms with van der Waals surface area (Å²) in [6, 6.07) is 5.37. The van der Waals surface area contributed by atoms with Crippen molar-refractivity contribution < 1.29 is 8.81 Å². The zero-order valence-electron chi connectivity index (χ0n) is 9.62. The number of benzene rings is 1. The van der Waals surface area contributed by atoms with Gasteiger partial charge < -0.3 is 4.42 Å². The number of nitrogens with zero attached hydrogens (tertiary/aromatic N) is 1. The molecule has 0 saturated heterocycles. The molecule has 16 heavy (non-hydrogen) atoms. The van der Waals surface area contributed by atoms with Gasteiger partial charge in [0.2, 0.25) is 0 Å². The second-order valence-electron chi connectivity index (χ2n) is 4.12. The molecule has 0 saturated carbocycles. The lowest BCUT2D eigenvalue weighted by atomic mass is 9.99. The topological polar surface area (TPSA) is 26.0 Å². The monoisotopic (exact) mass is 219 g/mol. The largest absolute Gasteiger partial charge is 0.449 e. The summed E-state index contributed by atoms with van der Waals surface area (Å²) in [7, 11) is 0. The van der Waals surface area contributed by atoms with E-state index in [1.54, 1.807) is 19.1 Å². The van der Waals surface area contributed by atoms with Crippen LogP contribution < -0.4 is 0 Å². The number of hydrogen-bond donors (Lipinski definition) is 0. The lowest BCUT2D eigenvalue weighted by Crippen LogP contribution is -1.95.